The molecule has 0 bridgehead atoms. The van der Waals surface area contributed by atoms with Crippen LogP contribution < -0.4 is 11.1 Å². The van der Waals surface area contributed by atoms with E-state index in [0.717, 1.165) is 0 Å². The number of carbonyl (C=O) groups excluding carboxylic acids is 2. The van der Waals surface area contributed by atoms with Gasteiger partial charge in [-0.05, 0) is 24.1 Å². The van der Waals surface area contributed by atoms with Crippen molar-refractivity contribution in [1.82, 2.24) is 5.32 Å². The highest BCUT2D eigenvalue weighted by molar-refractivity contribution is 9.10. The maximum Gasteiger partial charge on any atom is 0.255 e. The van der Waals surface area contributed by atoms with E-state index >= 15 is 0 Å². The maximum atomic E-state index is 11.9. The van der Waals surface area contributed by atoms with E-state index in [-0.39, 0.29) is 17.2 Å². The van der Waals surface area contributed by atoms with Gasteiger partial charge in [0.1, 0.15) is 11.8 Å². The van der Waals surface area contributed by atoms with Gasteiger partial charge in [-0.2, -0.15) is 0 Å². The van der Waals surface area contributed by atoms with E-state index in [9.17, 15) is 14.7 Å². The quantitative estimate of drug-likeness (QED) is 0.784. The molecule has 4 N–H and O–H groups in total. The third-order valence-electron chi connectivity index (χ3n) is 2.46. The van der Waals surface area contributed by atoms with Crippen molar-refractivity contribution in [3.63, 3.8) is 0 Å². The third kappa shape index (κ3) is 3.46. The lowest BCUT2D eigenvalue weighted by molar-refractivity contribution is -0.120. The van der Waals surface area contributed by atoms with Crippen molar-refractivity contribution in [2.24, 2.45) is 11.7 Å². The van der Waals surface area contributed by atoms with E-state index in [1.54, 1.807) is 19.9 Å². The Bertz CT molecular complexity index is 474. The first-order valence-corrected chi connectivity index (χ1v) is 6.21. The van der Waals surface area contributed by atoms with E-state index in [1.165, 1.54) is 12.1 Å². The first kappa shape index (κ1) is 14.5. The number of primary amides is 1. The molecule has 2 amide bonds. The minimum Gasteiger partial charge on any atom is -0.507 e. The first-order chi connectivity index (χ1) is 8.32. The standard InChI is InChI=1S/C12H15BrN2O3/c1-6(2)10(11(14)17)15-12(18)8-4-3-7(13)5-9(8)16/h3-6,10,16H,1-2H3,(H2,14,17)(H,15,18). The zero-order valence-electron chi connectivity index (χ0n) is 10.1. The van der Waals surface area contributed by atoms with Crippen LogP contribution in [0.1, 0.15) is 24.2 Å². The molecular formula is C12H15BrN2O3. The number of amides is 2. The molecule has 18 heavy (non-hydrogen) atoms. The first-order valence-electron chi connectivity index (χ1n) is 5.41. The van der Waals surface area contributed by atoms with E-state index in [2.05, 4.69) is 21.2 Å². The number of aromatic hydroxyl groups is 1. The second-order valence-corrected chi connectivity index (χ2v) is 5.17. The molecule has 1 rings (SSSR count). The number of nitrogens with two attached hydrogens (primary N) is 1. The van der Waals surface area contributed by atoms with Gasteiger partial charge in [0.15, 0.2) is 0 Å². The van der Waals surface area contributed by atoms with Crippen molar-refractivity contribution >= 4 is 27.7 Å². The summed E-state index contributed by atoms with van der Waals surface area (Å²) in [5.41, 5.74) is 5.30. The highest BCUT2D eigenvalue weighted by atomic mass is 79.9. The molecule has 0 saturated heterocycles. The Hall–Kier alpha value is -1.56. The lowest BCUT2D eigenvalue weighted by Crippen LogP contribution is -2.47. The number of phenols is 1. The van der Waals surface area contributed by atoms with Crippen LogP contribution in [0.3, 0.4) is 0 Å². The molecule has 5 nitrogen and oxygen atoms in total. The number of carbonyl (C=O) groups is 2. The van der Waals surface area contributed by atoms with E-state index < -0.39 is 17.9 Å². The van der Waals surface area contributed by atoms with Gasteiger partial charge in [-0.25, -0.2) is 0 Å². The van der Waals surface area contributed by atoms with E-state index in [0.29, 0.717) is 4.47 Å². The summed E-state index contributed by atoms with van der Waals surface area (Å²) < 4.78 is 0.659. The minimum absolute atomic E-state index is 0.102. The summed E-state index contributed by atoms with van der Waals surface area (Å²) in [5, 5.41) is 12.1. The van der Waals surface area contributed by atoms with Gasteiger partial charge in [-0.15, -0.1) is 0 Å². The third-order valence-corrected chi connectivity index (χ3v) is 2.96. The molecule has 0 aliphatic carbocycles. The van der Waals surface area contributed by atoms with Crippen molar-refractivity contribution in [2.75, 3.05) is 0 Å². The fourth-order valence-corrected chi connectivity index (χ4v) is 1.83. The van der Waals surface area contributed by atoms with Crippen LogP contribution in [-0.4, -0.2) is 23.0 Å². The summed E-state index contributed by atoms with van der Waals surface area (Å²) in [5.74, 6) is -1.41. The van der Waals surface area contributed by atoms with Gasteiger partial charge in [-0.3, -0.25) is 9.59 Å². The lowest BCUT2D eigenvalue weighted by atomic mass is 10.0. The van der Waals surface area contributed by atoms with Crippen molar-refractivity contribution in [3.8, 4) is 5.75 Å². The molecule has 1 atom stereocenters. The monoisotopic (exact) mass is 314 g/mol. The highest BCUT2D eigenvalue weighted by Gasteiger charge is 2.23. The van der Waals surface area contributed by atoms with Crippen LogP contribution in [0.2, 0.25) is 0 Å². The second-order valence-electron chi connectivity index (χ2n) is 4.26. The summed E-state index contributed by atoms with van der Waals surface area (Å²) in [6.07, 6.45) is 0. The minimum atomic E-state index is -0.763. The molecule has 1 unspecified atom stereocenters. The van der Waals surface area contributed by atoms with Crippen LogP contribution in [0.5, 0.6) is 5.75 Å². The summed E-state index contributed by atoms with van der Waals surface area (Å²) in [7, 11) is 0. The van der Waals surface area contributed by atoms with E-state index in [4.69, 9.17) is 5.73 Å². The predicted molar refractivity (Wildman–Crippen MR) is 71.1 cm³/mol. The smallest absolute Gasteiger partial charge is 0.255 e. The Morgan fingerprint density at radius 2 is 2.00 bits per heavy atom. The van der Waals surface area contributed by atoms with Crippen LogP contribution in [0.15, 0.2) is 22.7 Å². The molecular weight excluding hydrogens is 300 g/mol. The predicted octanol–water partition coefficient (Wildman–Crippen LogP) is 1.39. The molecule has 0 heterocycles. The van der Waals surface area contributed by atoms with Gasteiger partial charge >= 0.3 is 0 Å². The topological polar surface area (TPSA) is 92.4 Å². The molecule has 1 aromatic rings. The summed E-state index contributed by atoms with van der Waals surface area (Å²) in [6, 6.07) is 3.74. The number of nitrogens with one attached hydrogen (secondary N) is 1. The molecule has 1 aromatic carbocycles. The molecule has 6 heteroatoms. The largest absolute Gasteiger partial charge is 0.507 e. The number of hydrogen-bond acceptors (Lipinski definition) is 3. The van der Waals surface area contributed by atoms with Gasteiger partial charge in [0.05, 0.1) is 5.56 Å². The Balaban J connectivity index is 2.91. The van der Waals surface area contributed by atoms with Gasteiger partial charge in [0, 0.05) is 4.47 Å². The number of phenolic OH excluding ortho intramolecular Hbond substituents is 1. The molecule has 0 fully saturated rings. The maximum absolute atomic E-state index is 11.9. The fraction of sp³-hybridized carbons (Fsp3) is 0.333. The number of benzene rings is 1. The molecule has 0 spiro atoms. The number of halogens is 1. The van der Waals surface area contributed by atoms with Crippen LogP contribution >= 0.6 is 15.9 Å². The SMILES string of the molecule is CC(C)C(NC(=O)c1ccc(Br)cc1O)C(N)=O. The summed E-state index contributed by atoms with van der Waals surface area (Å²) >= 11 is 3.18. The van der Waals surface area contributed by atoms with Gasteiger partial charge in [-0.1, -0.05) is 29.8 Å². The number of rotatable bonds is 4. The van der Waals surface area contributed by atoms with Crippen LogP contribution in [0.25, 0.3) is 0 Å². The molecule has 0 radical (unpaired) electrons. The average molecular weight is 315 g/mol. The van der Waals surface area contributed by atoms with Crippen molar-refractivity contribution in [1.29, 1.82) is 0 Å². The Morgan fingerprint density at radius 1 is 1.39 bits per heavy atom. The zero-order chi connectivity index (χ0) is 13.9. The van der Waals surface area contributed by atoms with Crippen LogP contribution in [0, 0.1) is 5.92 Å². The van der Waals surface area contributed by atoms with E-state index in [1.807, 2.05) is 0 Å². The van der Waals surface area contributed by atoms with Gasteiger partial charge in [0.25, 0.3) is 5.91 Å². The molecule has 98 valence electrons. The molecule has 0 aliphatic rings. The summed E-state index contributed by atoms with van der Waals surface area (Å²) in [4.78, 5) is 23.1. The zero-order valence-corrected chi connectivity index (χ0v) is 11.7. The van der Waals surface area contributed by atoms with Crippen molar-refractivity contribution < 1.29 is 14.7 Å². The number of hydrogen-bond donors (Lipinski definition) is 3. The van der Waals surface area contributed by atoms with Gasteiger partial charge < -0.3 is 16.2 Å². The molecule has 0 saturated carbocycles. The molecule has 0 aliphatic heterocycles. The lowest BCUT2D eigenvalue weighted by Gasteiger charge is -2.19. The van der Waals surface area contributed by atoms with Crippen molar-refractivity contribution in [2.45, 2.75) is 19.9 Å². The van der Waals surface area contributed by atoms with Crippen LogP contribution in [-0.2, 0) is 4.79 Å². The van der Waals surface area contributed by atoms with Crippen LogP contribution in [0.4, 0.5) is 0 Å². The Kier molecular flexibility index (Phi) is 4.72. The second kappa shape index (κ2) is 5.86. The Morgan fingerprint density at radius 3 is 2.44 bits per heavy atom. The average Bonchev–Trinajstić information content (AvgIpc) is 2.24. The normalized spacial score (nSPS) is 12.2. The van der Waals surface area contributed by atoms with Gasteiger partial charge in [0.2, 0.25) is 5.91 Å². The Labute approximate surface area is 113 Å². The van der Waals surface area contributed by atoms with Crippen molar-refractivity contribution in [3.05, 3.63) is 28.2 Å². The molecule has 0 aromatic heterocycles. The summed E-state index contributed by atoms with van der Waals surface area (Å²) in [6.45, 7) is 3.55. The highest BCUT2D eigenvalue weighted by Crippen LogP contribution is 2.22. The fourth-order valence-electron chi connectivity index (χ4n) is 1.48.